The smallest absolute Gasteiger partial charge is 0.228 e. The third-order valence-electron chi connectivity index (χ3n) is 3.00. The second-order valence-corrected chi connectivity index (χ2v) is 5.01. The monoisotopic (exact) mass is 284 g/mol. The fourth-order valence-corrected chi connectivity index (χ4v) is 2.35. The van der Waals surface area contributed by atoms with E-state index in [9.17, 15) is 4.79 Å². The van der Waals surface area contributed by atoms with Crippen LogP contribution in [-0.2, 0) is 11.2 Å². The molecule has 0 aliphatic rings. The highest BCUT2D eigenvalue weighted by molar-refractivity contribution is 7.80. The number of thiocarbonyl (C=S) groups is 1. The summed E-state index contributed by atoms with van der Waals surface area (Å²) in [6.07, 6.45) is 0.325. The summed E-state index contributed by atoms with van der Waals surface area (Å²) in [5.41, 5.74) is 9.04. The minimum atomic E-state index is -0.0840. The maximum Gasteiger partial charge on any atom is 0.228 e. The summed E-state index contributed by atoms with van der Waals surface area (Å²) in [7, 11) is 0. The second-order valence-electron chi connectivity index (χ2n) is 4.57. The van der Waals surface area contributed by atoms with E-state index in [1.54, 1.807) is 0 Å². The summed E-state index contributed by atoms with van der Waals surface area (Å²) in [6.45, 7) is 1.92. The molecule has 2 aromatic rings. The van der Waals surface area contributed by atoms with Gasteiger partial charge in [-0.3, -0.25) is 4.79 Å². The van der Waals surface area contributed by atoms with Crippen LogP contribution in [0.1, 0.15) is 16.7 Å². The fourth-order valence-electron chi connectivity index (χ4n) is 2.07. The number of benzene rings is 2. The molecule has 3 N–H and O–H groups in total. The Hall–Kier alpha value is -2.20. The fraction of sp³-hybridized carbons (Fsp3) is 0.125. The quantitative estimate of drug-likeness (QED) is 0.849. The lowest BCUT2D eigenvalue weighted by atomic mass is 10.1. The summed E-state index contributed by atoms with van der Waals surface area (Å²) in [5.74, 6) is -0.0840. The van der Waals surface area contributed by atoms with Crippen LogP contribution in [0, 0.1) is 6.92 Å². The first-order chi connectivity index (χ1) is 9.58. The van der Waals surface area contributed by atoms with Crippen molar-refractivity contribution in [2.75, 3.05) is 5.32 Å². The summed E-state index contributed by atoms with van der Waals surface area (Å²) in [5, 5.41) is 2.87. The Morgan fingerprint density at radius 3 is 2.50 bits per heavy atom. The van der Waals surface area contributed by atoms with E-state index in [0.717, 1.165) is 16.7 Å². The van der Waals surface area contributed by atoms with Crippen molar-refractivity contribution >= 4 is 28.8 Å². The van der Waals surface area contributed by atoms with Crippen LogP contribution in [0.5, 0.6) is 0 Å². The van der Waals surface area contributed by atoms with Gasteiger partial charge in [0, 0.05) is 5.56 Å². The Morgan fingerprint density at radius 2 is 1.85 bits per heavy atom. The van der Waals surface area contributed by atoms with Gasteiger partial charge in [0.2, 0.25) is 5.91 Å². The molecule has 0 spiro atoms. The Labute approximate surface area is 123 Å². The SMILES string of the molecule is Cc1cccc(NC(=O)Cc2ccccc2)c1C(N)=S. The Balaban J connectivity index is 2.16. The van der Waals surface area contributed by atoms with E-state index in [-0.39, 0.29) is 10.9 Å². The van der Waals surface area contributed by atoms with E-state index >= 15 is 0 Å². The van der Waals surface area contributed by atoms with Crippen molar-refractivity contribution in [1.29, 1.82) is 0 Å². The number of hydrogen-bond donors (Lipinski definition) is 2. The molecular formula is C16H16N2OS. The average Bonchev–Trinajstić information content (AvgIpc) is 2.39. The van der Waals surface area contributed by atoms with Gasteiger partial charge in [0.05, 0.1) is 12.1 Å². The third-order valence-corrected chi connectivity index (χ3v) is 3.20. The van der Waals surface area contributed by atoms with Crippen LogP contribution in [0.2, 0.25) is 0 Å². The molecule has 0 heterocycles. The lowest BCUT2D eigenvalue weighted by molar-refractivity contribution is -0.115. The molecule has 20 heavy (non-hydrogen) atoms. The predicted octanol–water partition coefficient (Wildman–Crippen LogP) is 2.81. The number of aryl methyl sites for hydroxylation is 1. The van der Waals surface area contributed by atoms with Gasteiger partial charge in [-0.15, -0.1) is 0 Å². The molecule has 2 aromatic carbocycles. The molecule has 0 radical (unpaired) electrons. The van der Waals surface area contributed by atoms with Gasteiger partial charge in [0.25, 0.3) is 0 Å². The normalized spacial score (nSPS) is 10.1. The molecule has 3 nitrogen and oxygen atoms in total. The van der Waals surface area contributed by atoms with Gasteiger partial charge >= 0.3 is 0 Å². The summed E-state index contributed by atoms with van der Waals surface area (Å²) < 4.78 is 0. The van der Waals surface area contributed by atoms with Crippen LogP contribution >= 0.6 is 12.2 Å². The van der Waals surface area contributed by atoms with E-state index in [4.69, 9.17) is 18.0 Å². The molecule has 0 saturated carbocycles. The number of amides is 1. The first kappa shape index (κ1) is 14.2. The zero-order valence-electron chi connectivity index (χ0n) is 11.2. The Morgan fingerprint density at radius 1 is 1.15 bits per heavy atom. The molecule has 4 heteroatoms. The number of carbonyl (C=O) groups is 1. The van der Waals surface area contributed by atoms with Crippen molar-refractivity contribution in [3.63, 3.8) is 0 Å². The summed E-state index contributed by atoms with van der Waals surface area (Å²) in [6, 6.07) is 15.2. The molecule has 0 aliphatic carbocycles. The van der Waals surface area contributed by atoms with Crippen molar-refractivity contribution in [1.82, 2.24) is 0 Å². The molecule has 0 aromatic heterocycles. The highest BCUT2D eigenvalue weighted by Gasteiger charge is 2.11. The van der Waals surface area contributed by atoms with Gasteiger partial charge < -0.3 is 11.1 Å². The molecule has 0 saturated heterocycles. The predicted molar refractivity (Wildman–Crippen MR) is 85.8 cm³/mol. The third kappa shape index (κ3) is 3.42. The Kier molecular flexibility index (Phi) is 4.48. The minimum absolute atomic E-state index is 0.0840. The second kappa shape index (κ2) is 6.30. The van der Waals surface area contributed by atoms with Gasteiger partial charge in [-0.2, -0.15) is 0 Å². The van der Waals surface area contributed by atoms with E-state index < -0.39 is 0 Å². The van der Waals surface area contributed by atoms with Gasteiger partial charge in [-0.25, -0.2) is 0 Å². The molecule has 102 valence electrons. The number of nitrogens with two attached hydrogens (primary N) is 1. The molecule has 0 atom stereocenters. The number of hydrogen-bond acceptors (Lipinski definition) is 2. The summed E-state index contributed by atoms with van der Waals surface area (Å²) in [4.78, 5) is 12.4. The van der Waals surface area contributed by atoms with Crippen molar-refractivity contribution in [2.24, 2.45) is 5.73 Å². The van der Waals surface area contributed by atoms with E-state index in [1.807, 2.05) is 55.5 Å². The maximum atomic E-state index is 12.1. The molecule has 0 aliphatic heterocycles. The summed E-state index contributed by atoms with van der Waals surface area (Å²) >= 11 is 5.05. The van der Waals surface area contributed by atoms with Crippen LogP contribution in [0.4, 0.5) is 5.69 Å². The molecule has 1 amide bonds. The van der Waals surface area contributed by atoms with Gasteiger partial charge in [-0.1, -0.05) is 54.7 Å². The van der Waals surface area contributed by atoms with Crippen LogP contribution in [0.15, 0.2) is 48.5 Å². The maximum absolute atomic E-state index is 12.1. The number of anilines is 1. The number of rotatable bonds is 4. The van der Waals surface area contributed by atoms with Crippen LogP contribution in [0.25, 0.3) is 0 Å². The highest BCUT2D eigenvalue weighted by Crippen LogP contribution is 2.19. The van der Waals surface area contributed by atoms with Crippen LogP contribution in [-0.4, -0.2) is 10.9 Å². The van der Waals surface area contributed by atoms with Crippen molar-refractivity contribution < 1.29 is 4.79 Å². The van der Waals surface area contributed by atoms with Crippen LogP contribution in [0.3, 0.4) is 0 Å². The van der Waals surface area contributed by atoms with E-state index in [0.29, 0.717) is 12.1 Å². The standard InChI is InChI=1S/C16H16N2OS/c1-11-6-5-9-13(15(11)16(17)20)18-14(19)10-12-7-3-2-4-8-12/h2-9H,10H2,1H3,(H2,17,20)(H,18,19). The topological polar surface area (TPSA) is 55.1 Å². The lowest BCUT2D eigenvalue weighted by Crippen LogP contribution is -2.19. The van der Waals surface area contributed by atoms with Crippen LogP contribution < -0.4 is 11.1 Å². The zero-order valence-corrected chi connectivity index (χ0v) is 12.0. The van der Waals surface area contributed by atoms with E-state index in [1.165, 1.54) is 0 Å². The Bertz CT molecular complexity index is 638. The van der Waals surface area contributed by atoms with Crippen molar-refractivity contribution in [3.8, 4) is 0 Å². The minimum Gasteiger partial charge on any atom is -0.389 e. The van der Waals surface area contributed by atoms with Crippen molar-refractivity contribution in [2.45, 2.75) is 13.3 Å². The van der Waals surface area contributed by atoms with E-state index in [2.05, 4.69) is 5.32 Å². The first-order valence-corrected chi connectivity index (χ1v) is 6.72. The average molecular weight is 284 g/mol. The van der Waals surface area contributed by atoms with Gasteiger partial charge in [0.15, 0.2) is 0 Å². The number of carbonyl (C=O) groups excluding carboxylic acids is 1. The highest BCUT2D eigenvalue weighted by atomic mass is 32.1. The molecular weight excluding hydrogens is 268 g/mol. The van der Waals surface area contributed by atoms with Crippen molar-refractivity contribution in [3.05, 3.63) is 65.2 Å². The molecule has 0 unspecified atom stereocenters. The number of nitrogens with one attached hydrogen (secondary N) is 1. The molecule has 0 fully saturated rings. The van der Waals surface area contributed by atoms with Gasteiger partial charge in [-0.05, 0) is 24.1 Å². The molecule has 0 bridgehead atoms. The largest absolute Gasteiger partial charge is 0.389 e. The lowest BCUT2D eigenvalue weighted by Gasteiger charge is -2.12. The molecule has 2 rings (SSSR count). The first-order valence-electron chi connectivity index (χ1n) is 6.31. The van der Waals surface area contributed by atoms with Gasteiger partial charge in [0.1, 0.15) is 4.99 Å². The zero-order chi connectivity index (χ0) is 14.5.